The number of hydrogen-bond donors (Lipinski definition) is 3. The van der Waals surface area contributed by atoms with E-state index in [4.69, 9.17) is 4.74 Å². The minimum atomic E-state index is -0.667. The summed E-state index contributed by atoms with van der Waals surface area (Å²) in [7, 11) is 0. The summed E-state index contributed by atoms with van der Waals surface area (Å²) in [6.07, 6.45) is 75.8. The summed E-state index contributed by atoms with van der Waals surface area (Å²) in [6, 6.07) is -0.545. The van der Waals surface area contributed by atoms with E-state index in [1.807, 2.05) is 0 Å². The second-order valence-corrected chi connectivity index (χ2v) is 21.7. The maximum absolute atomic E-state index is 12.5. The number of unbranched alkanes of at least 4 members (excludes halogenated alkanes) is 42. The molecule has 2 unspecified atom stereocenters. The van der Waals surface area contributed by atoms with Crippen molar-refractivity contribution in [2.45, 2.75) is 353 Å². The highest BCUT2D eigenvalue weighted by Crippen LogP contribution is 2.18. The first-order valence-electron chi connectivity index (χ1n) is 31.7. The Morgan fingerprint density at radius 2 is 0.718 bits per heavy atom. The molecule has 0 saturated heterocycles. The molecule has 0 aliphatic carbocycles. The van der Waals surface area contributed by atoms with Gasteiger partial charge in [-0.05, 0) is 77.0 Å². The first-order chi connectivity index (χ1) is 35.0. The van der Waals surface area contributed by atoms with Crippen LogP contribution in [-0.2, 0) is 14.3 Å². The number of nitrogens with one attached hydrogen (secondary N) is 1. The highest BCUT2D eigenvalue weighted by molar-refractivity contribution is 5.76. The lowest BCUT2D eigenvalue weighted by atomic mass is 10.0. The third-order valence-corrected chi connectivity index (χ3v) is 14.7. The standard InChI is InChI=1S/C65H123NO5/c1-3-5-7-9-11-13-15-17-19-30-33-37-41-45-49-53-57-63(68)62(61-67)66-64(69)58-54-50-46-42-38-34-31-28-26-24-22-20-21-23-25-27-29-32-36-40-44-48-52-56-60-71-65(70)59-55-51-47-43-39-35-18-16-14-12-10-8-6-4-2/h10,12,16,18,22,24,62-63,67-68H,3-9,11,13-15,17,19-21,23,25-61H2,1-2H3,(H,66,69)/b12-10-,18-16-,24-22-. The van der Waals surface area contributed by atoms with E-state index < -0.39 is 12.1 Å². The van der Waals surface area contributed by atoms with E-state index >= 15 is 0 Å². The van der Waals surface area contributed by atoms with Gasteiger partial charge in [0.05, 0.1) is 25.4 Å². The fourth-order valence-electron chi connectivity index (χ4n) is 9.77. The highest BCUT2D eigenvalue weighted by atomic mass is 16.5. The topological polar surface area (TPSA) is 95.9 Å². The van der Waals surface area contributed by atoms with Crippen LogP contribution in [0.25, 0.3) is 0 Å². The van der Waals surface area contributed by atoms with Crippen molar-refractivity contribution in [3.63, 3.8) is 0 Å². The van der Waals surface area contributed by atoms with Gasteiger partial charge in [-0.15, -0.1) is 0 Å². The van der Waals surface area contributed by atoms with Crippen molar-refractivity contribution < 1.29 is 24.5 Å². The van der Waals surface area contributed by atoms with Gasteiger partial charge in [-0.25, -0.2) is 0 Å². The maximum atomic E-state index is 12.5. The summed E-state index contributed by atoms with van der Waals surface area (Å²) in [4.78, 5) is 24.5. The normalized spacial score (nSPS) is 12.8. The zero-order valence-corrected chi connectivity index (χ0v) is 47.7. The van der Waals surface area contributed by atoms with E-state index in [0.717, 1.165) is 51.4 Å². The molecule has 0 spiro atoms. The number of rotatable bonds is 59. The zero-order chi connectivity index (χ0) is 51.4. The summed E-state index contributed by atoms with van der Waals surface area (Å²) in [5, 5.41) is 23.3. The smallest absolute Gasteiger partial charge is 0.305 e. The number of carbonyl (C=O) groups excluding carboxylic acids is 2. The van der Waals surface area contributed by atoms with Crippen LogP contribution in [0.5, 0.6) is 0 Å². The van der Waals surface area contributed by atoms with E-state index in [2.05, 4.69) is 55.6 Å². The van der Waals surface area contributed by atoms with Gasteiger partial charge in [0.2, 0.25) is 5.91 Å². The van der Waals surface area contributed by atoms with Gasteiger partial charge in [-0.2, -0.15) is 0 Å². The molecule has 0 aromatic rings. The molecule has 2 atom stereocenters. The van der Waals surface area contributed by atoms with Crippen molar-refractivity contribution >= 4 is 11.9 Å². The number of hydrogen-bond acceptors (Lipinski definition) is 5. The molecule has 0 radical (unpaired) electrons. The minimum absolute atomic E-state index is 0.00201. The molecule has 71 heavy (non-hydrogen) atoms. The van der Waals surface area contributed by atoms with Gasteiger partial charge in [-0.1, -0.05) is 288 Å². The van der Waals surface area contributed by atoms with Gasteiger partial charge in [-0.3, -0.25) is 9.59 Å². The Balaban J connectivity index is 3.41. The van der Waals surface area contributed by atoms with Gasteiger partial charge >= 0.3 is 5.97 Å². The third-order valence-electron chi connectivity index (χ3n) is 14.7. The molecule has 0 heterocycles. The van der Waals surface area contributed by atoms with Crippen molar-refractivity contribution in [1.29, 1.82) is 0 Å². The largest absolute Gasteiger partial charge is 0.466 e. The first kappa shape index (κ1) is 69.1. The molecule has 0 aromatic heterocycles. The van der Waals surface area contributed by atoms with Gasteiger partial charge < -0.3 is 20.3 Å². The Hall–Kier alpha value is -1.92. The molecular weight excluding hydrogens is 875 g/mol. The lowest BCUT2D eigenvalue weighted by molar-refractivity contribution is -0.143. The third kappa shape index (κ3) is 57.2. The molecule has 1 amide bonds. The van der Waals surface area contributed by atoms with E-state index in [0.29, 0.717) is 25.9 Å². The van der Waals surface area contributed by atoms with Crippen LogP contribution in [0, 0.1) is 0 Å². The average molecular weight is 999 g/mol. The summed E-state index contributed by atoms with van der Waals surface area (Å²) in [5.74, 6) is -0.0398. The molecule has 0 aromatic carbocycles. The predicted octanol–water partition coefficient (Wildman–Crippen LogP) is 20.0. The quantitative estimate of drug-likeness (QED) is 0.0321. The molecule has 6 heteroatoms. The molecule has 6 nitrogen and oxygen atoms in total. The first-order valence-corrected chi connectivity index (χ1v) is 31.7. The molecule has 0 aliphatic heterocycles. The fraction of sp³-hybridized carbons (Fsp3) is 0.877. The van der Waals surface area contributed by atoms with Crippen LogP contribution in [-0.4, -0.2) is 47.4 Å². The lowest BCUT2D eigenvalue weighted by Crippen LogP contribution is -2.45. The monoisotopic (exact) mass is 998 g/mol. The number of allylic oxidation sites excluding steroid dienone is 6. The van der Waals surface area contributed by atoms with Crippen LogP contribution in [0.15, 0.2) is 36.5 Å². The van der Waals surface area contributed by atoms with E-state index in [1.54, 1.807) is 0 Å². The van der Waals surface area contributed by atoms with Crippen LogP contribution < -0.4 is 5.32 Å². The van der Waals surface area contributed by atoms with Gasteiger partial charge in [0.25, 0.3) is 0 Å². The Morgan fingerprint density at radius 1 is 0.394 bits per heavy atom. The van der Waals surface area contributed by atoms with Crippen LogP contribution in [0.2, 0.25) is 0 Å². The summed E-state index contributed by atoms with van der Waals surface area (Å²) < 4.78 is 5.47. The molecule has 0 fully saturated rings. The maximum Gasteiger partial charge on any atom is 0.305 e. The van der Waals surface area contributed by atoms with E-state index in [9.17, 15) is 19.8 Å². The minimum Gasteiger partial charge on any atom is -0.466 e. The number of ether oxygens (including phenoxy) is 1. The second kappa shape index (κ2) is 60.6. The number of esters is 1. The SMILES string of the molecule is CCCC/C=C\C/C=C\CCCCCCCC(=O)OCCCCCCCCCCCCCC/C=C\CCCCCCCCCCC(=O)NC(CO)C(O)CCCCCCCCCCCCCCCCCC. The Kier molecular flexibility index (Phi) is 59.0. The molecule has 0 rings (SSSR count). The van der Waals surface area contributed by atoms with Gasteiger partial charge in [0, 0.05) is 12.8 Å². The lowest BCUT2D eigenvalue weighted by Gasteiger charge is -2.22. The van der Waals surface area contributed by atoms with E-state index in [-0.39, 0.29) is 18.5 Å². The van der Waals surface area contributed by atoms with Crippen LogP contribution in [0.1, 0.15) is 341 Å². The molecular formula is C65H123NO5. The summed E-state index contributed by atoms with van der Waals surface area (Å²) in [5.41, 5.74) is 0. The zero-order valence-electron chi connectivity index (χ0n) is 47.7. The number of aliphatic hydroxyl groups is 2. The Morgan fingerprint density at radius 3 is 1.13 bits per heavy atom. The highest BCUT2D eigenvalue weighted by Gasteiger charge is 2.20. The fourth-order valence-corrected chi connectivity index (χ4v) is 9.77. The van der Waals surface area contributed by atoms with Crippen molar-refractivity contribution in [1.82, 2.24) is 5.32 Å². The van der Waals surface area contributed by atoms with Crippen molar-refractivity contribution in [3.05, 3.63) is 36.5 Å². The summed E-state index contributed by atoms with van der Waals surface area (Å²) in [6.45, 7) is 4.92. The summed E-state index contributed by atoms with van der Waals surface area (Å²) >= 11 is 0. The van der Waals surface area contributed by atoms with Crippen molar-refractivity contribution in [2.24, 2.45) is 0 Å². The molecule has 0 saturated carbocycles. The van der Waals surface area contributed by atoms with Crippen LogP contribution in [0.3, 0.4) is 0 Å². The van der Waals surface area contributed by atoms with Crippen molar-refractivity contribution in [2.75, 3.05) is 13.2 Å². The molecule has 418 valence electrons. The van der Waals surface area contributed by atoms with Crippen LogP contribution in [0.4, 0.5) is 0 Å². The molecule has 0 aliphatic rings. The Bertz CT molecular complexity index is 1150. The van der Waals surface area contributed by atoms with Crippen molar-refractivity contribution in [3.8, 4) is 0 Å². The molecule has 3 N–H and O–H groups in total. The predicted molar refractivity (Wildman–Crippen MR) is 310 cm³/mol. The Labute approximate surface area is 443 Å². The van der Waals surface area contributed by atoms with Gasteiger partial charge in [0.1, 0.15) is 0 Å². The van der Waals surface area contributed by atoms with E-state index in [1.165, 1.54) is 257 Å². The van der Waals surface area contributed by atoms with Crippen LogP contribution >= 0.6 is 0 Å². The number of aliphatic hydroxyl groups excluding tert-OH is 2. The van der Waals surface area contributed by atoms with Gasteiger partial charge in [0.15, 0.2) is 0 Å². The number of carbonyl (C=O) groups is 2. The average Bonchev–Trinajstić information content (AvgIpc) is 3.37. The number of amides is 1. The molecule has 0 bridgehead atoms. The second-order valence-electron chi connectivity index (χ2n) is 21.7.